The fourth-order valence-corrected chi connectivity index (χ4v) is 2.58. The van der Waals surface area contributed by atoms with Crippen molar-refractivity contribution in [3.63, 3.8) is 0 Å². The van der Waals surface area contributed by atoms with E-state index in [-0.39, 0.29) is 11.8 Å². The number of hydrogen-bond acceptors (Lipinski definition) is 4. The van der Waals surface area contributed by atoms with Crippen molar-refractivity contribution >= 4 is 17.7 Å². The second kappa shape index (κ2) is 6.47. The third kappa shape index (κ3) is 4.72. The fourth-order valence-electron chi connectivity index (χ4n) is 1.86. The molecule has 94 valence electrons. The molecule has 1 heterocycles. The van der Waals surface area contributed by atoms with Gasteiger partial charge in [0.1, 0.15) is 0 Å². The van der Waals surface area contributed by atoms with Gasteiger partial charge in [0.2, 0.25) is 5.91 Å². The van der Waals surface area contributed by atoms with E-state index in [1.807, 2.05) is 6.26 Å². The number of thioether (sulfide) groups is 1. The molecular formula is C11H22N2O2S. The first-order valence-corrected chi connectivity index (χ1v) is 7.14. The van der Waals surface area contributed by atoms with Crippen molar-refractivity contribution in [2.24, 2.45) is 5.92 Å². The Balaban J connectivity index is 2.28. The van der Waals surface area contributed by atoms with Gasteiger partial charge < -0.3 is 15.7 Å². The Labute approximate surface area is 102 Å². The maximum Gasteiger partial charge on any atom is 0.224 e. The van der Waals surface area contributed by atoms with Crippen molar-refractivity contribution < 1.29 is 9.90 Å². The molecule has 2 atom stereocenters. The van der Waals surface area contributed by atoms with E-state index in [0.29, 0.717) is 12.3 Å². The van der Waals surface area contributed by atoms with E-state index in [2.05, 4.69) is 10.6 Å². The van der Waals surface area contributed by atoms with Crippen LogP contribution in [0.5, 0.6) is 0 Å². The van der Waals surface area contributed by atoms with Crippen LogP contribution in [0.3, 0.4) is 0 Å². The molecule has 1 aliphatic rings. The topological polar surface area (TPSA) is 61.4 Å². The van der Waals surface area contributed by atoms with Crippen LogP contribution < -0.4 is 10.6 Å². The standard InChI is InChI=1S/C11H22N2O2S/c1-11(15,8-16-2)7-13-10(14)9-4-3-5-12-6-9/h9,12,15H,3-8H2,1-2H3,(H,13,14)/t9-,11?/m0/s1. The van der Waals surface area contributed by atoms with Gasteiger partial charge in [0.25, 0.3) is 0 Å². The summed E-state index contributed by atoms with van der Waals surface area (Å²) in [5.74, 6) is 0.767. The van der Waals surface area contributed by atoms with Crippen LogP contribution in [0.1, 0.15) is 19.8 Å². The largest absolute Gasteiger partial charge is 0.387 e. The van der Waals surface area contributed by atoms with Gasteiger partial charge in [-0.15, -0.1) is 0 Å². The van der Waals surface area contributed by atoms with Crippen molar-refractivity contribution in [2.45, 2.75) is 25.4 Å². The van der Waals surface area contributed by atoms with E-state index < -0.39 is 5.60 Å². The Bertz CT molecular complexity index is 228. The highest BCUT2D eigenvalue weighted by Crippen LogP contribution is 2.12. The van der Waals surface area contributed by atoms with Crippen molar-refractivity contribution in [3.8, 4) is 0 Å². The molecule has 0 spiro atoms. The van der Waals surface area contributed by atoms with E-state index in [1.165, 1.54) is 0 Å². The minimum atomic E-state index is -0.808. The number of rotatable bonds is 5. The number of carbonyl (C=O) groups excluding carboxylic acids is 1. The van der Waals surface area contributed by atoms with Crippen LogP contribution in [0.4, 0.5) is 0 Å². The summed E-state index contributed by atoms with van der Waals surface area (Å²) in [6.45, 7) is 3.86. The van der Waals surface area contributed by atoms with Crippen LogP contribution in [0.2, 0.25) is 0 Å². The number of piperidine rings is 1. The van der Waals surface area contributed by atoms with Crippen LogP contribution in [-0.2, 0) is 4.79 Å². The van der Waals surface area contributed by atoms with Crippen LogP contribution in [0.25, 0.3) is 0 Å². The number of aliphatic hydroxyl groups is 1. The molecule has 0 radical (unpaired) electrons. The molecule has 16 heavy (non-hydrogen) atoms. The number of amides is 1. The Morgan fingerprint density at radius 2 is 2.44 bits per heavy atom. The SMILES string of the molecule is CSCC(C)(O)CNC(=O)[C@H]1CCCNC1. The second-order valence-electron chi connectivity index (χ2n) is 4.69. The van der Waals surface area contributed by atoms with Crippen molar-refractivity contribution in [1.29, 1.82) is 0 Å². The summed E-state index contributed by atoms with van der Waals surface area (Å²) >= 11 is 1.58. The average molecular weight is 246 g/mol. The molecule has 0 aromatic rings. The van der Waals surface area contributed by atoms with Gasteiger partial charge in [-0.2, -0.15) is 11.8 Å². The number of hydrogen-bond donors (Lipinski definition) is 3. The average Bonchev–Trinajstić information content (AvgIpc) is 2.27. The first-order chi connectivity index (χ1) is 7.55. The van der Waals surface area contributed by atoms with Gasteiger partial charge in [-0.1, -0.05) is 0 Å². The molecule has 0 aromatic heterocycles. The molecular weight excluding hydrogens is 224 g/mol. The predicted octanol–water partition coefficient (Wildman–Crippen LogP) is 0.216. The minimum absolute atomic E-state index is 0.0635. The fraction of sp³-hybridized carbons (Fsp3) is 0.909. The molecule has 0 bridgehead atoms. The van der Waals surface area contributed by atoms with Gasteiger partial charge in [-0.05, 0) is 32.6 Å². The molecule has 1 unspecified atom stereocenters. The minimum Gasteiger partial charge on any atom is -0.387 e. The Morgan fingerprint density at radius 3 is 3.00 bits per heavy atom. The summed E-state index contributed by atoms with van der Waals surface area (Å²) in [5, 5.41) is 16.0. The summed E-state index contributed by atoms with van der Waals surface area (Å²) in [5.41, 5.74) is -0.808. The van der Waals surface area contributed by atoms with E-state index in [9.17, 15) is 9.90 Å². The maximum atomic E-state index is 11.8. The zero-order valence-corrected chi connectivity index (χ0v) is 10.9. The second-order valence-corrected chi connectivity index (χ2v) is 5.56. The van der Waals surface area contributed by atoms with Gasteiger partial charge in [0.15, 0.2) is 0 Å². The van der Waals surface area contributed by atoms with E-state index in [0.717, 1.165) is 25.9 Å². The molecule has 0 aromatic carbocycles. The monoisotopic (exact) mass is 246 g/mol. The summed E-state index contributed by atoms with van der Waals surface area (Å²) in [6.07, 6.45) is 3.95. The van der Waals surface area contributed by atoms with Crippen LogP contribution in [0, 0.1) is 5.92 Å². The summed E-state index contributed by atoms with van der Waals surface area (Å²) < 4.78 is 0. The molecule has 4 nitrogen and oxygen atoms in total. The first kappa shape index (κ1) is 13.8. The maximum absolute atomic E-state index is 11.8. The highest BCUT2D eigenvalue weighted by molar-refractivity contribution is 7.98. The Morgan fingerprint density at radius 1 is 1.69 bits per heavy atom. The van der Waals surface area contributed by atoms with Gasteiger partial charge >= 0.3 is 0 Å². The third-order valence-corrected chi connectivity index (χ3v) is 3.68. The molecule has 1 rings (SSSR count). The van der Waals surface area contributed by atoms with Crippen molar-refractivity contribution in [1.82, 2.24) is 10.6 Å². The van der Waals surface area contributed by atoms with Crippen molar-refractivity contribution in [3.05, 3.63) is 0 Å². The first-order valence-electron chi connectivity index (χ1n) is 5.75. The van der Waals surface area contributed by atoms with E-state index in [4.69, 9.17) is 0 Å². The molecule has 1 amide bonds. The normalized spacial score (nSPS) is 24.8. The predicted molar refractivity (Wildman–Crippen MR) is 67.6 cm³/mol. The summed E-state index contributed by atoms with van der Waals surface area (Å²) in [4.78, 5) is 11.8. The lowest BCUT2D eigenvalue weighted by molar-refractivity contribution is -0.126. The zero-order valence-electron chi connectivity index (χ0n) is 10.1. The zero-order chi connectivity index (χ0) is 12.0. The third-order valence-electron chi connectivity index (χ3n) is 2.77. The van der Waals surface area contributed by atoms with Gasteiger partial charge in [-0.3, -0.25) is 4.79 Å². The van der Waals surface area contributed by atoms with Gasteiger partial charge in [0.05, 0.1) is 11.5 Å². The highest BCUT2D eigenvalue weighted by atomic mass is 32.2. The lowest BCUT2D eigenvalue weighted by Crippen LogP contribution is -2.47. The number of nitrogens with one attached hydrogen (secondary N) is 2. The Kier molecular flexibility index (Phi) is 5.58. The molecule has 0 aliphatic carbocycles. The number of carbonyl (C=O) groups is 1. The van der Waals surface area contributed by atoms with Gasteiger partial charge in [-0.25, -0.2) is 0 Å². The summed E-state index contributed by atoms with van der Waals surface area (Å²) in [6, 6.07) is 0. The van der Waals surface area contributed by atoms with Crippen LogP contribution >= 0.6 is 11.8 Å². The molecule has 1 aliphatic heterocycles. The van der Waals surface area contributed by atoms with Gasteiger partial charge in [0, 0.05) is 18.8 Å². The van der Waals surface area contributed by atoms with Crippen LogP contribution in [-0.4, -0.2) is 48.3 Å². The summed E-state index contributed by atoms with van der Waals surface area (Å²) in [7, 11) is 0. The lowest BCUT2D eigenvalue weighted by Gasteiger charge is -2.26. The smallest absolute Gasteiger partial charge is 0.224 e. The quantitative estimate of drug-likeness (QED) is 0.649. The molecule has 1 saturated heterocycles. The van der Waals surface area contributed by atoms with E-state index in [1.54, 1.807) is 18.7 Å². The van der Waals surface area contributed by atoms with E-state index >= 15 is 0 Å². The highest BCUT2D eigenvalue weighted by Gasteiger charge is 2.24. The van der Waals surface area contributed by atoms with Crippen molar-refractivity contribution in [2.75, 3.05) is 31.6 Å². The molecule has 0 saturated carbocycles. The lowest BCUT2D eigenvalue weighted by atomic mass is 9.98. The van der Waals surface area contributed by atoms with Crippen LogP contribution in [0.15, 0.2) is 0 Å². The molecule has 1 fully saturated rings. The molecule has 5 heteroatoms. The Hall–Kier alpha value is -0.260. The molecule has 3 N–H and O–H groups in total.